The lowest BCUT2D eigenvalue weighted by Crippen LogP contribution is -2.71. The van der Waals surface area contributed by atoms with Crippen molar-refractivity contribution in [2.45, 2.75) is 38.4 Å². The largest absolute Gasteiger partial charge is 0.427 e. The number of nitrogens with one attached hydrogen (secondary N) is 1. The summed E-state index contributed by atoms with van der Waals surface area (Å²) >= 11 is 2.07. The second kappa shape index (κ2) is 11.6. The predicted octanol–water partition coefficient (Wildman–Crippen LogP) is 1.94. The quantitative estimate of drug-likeness (QED) is 0.150. The lowest BCUT2D eigenvalue weighted by Gasteiger charge is -2.49. The Morgan fingerprint density at radius 2 is 1.97 bits per heavy atom. The zero-order valence-electron chi connectivity index (χ0n) is 21.0. The van der Waals surface area contributed by atoms with Gasteiger partial charge in [-0.05, 0) is 26.3 Å². The van der Waals surface area contributed by atoms with Crippen molar-refractivity contribution in [3.8, 4) is 0 Å². The van der Waals surface area contributed by atoms with Crippen LogP contribution in [0, 0.1) is 5.41 Å². The molecule has 0 bridgehead atoms. The minimum Gasteiger partial charge on any atom is -0.427 e. The van der Waals surface area contributed by atoms with Crippen LogP contribution in [0.2, 0.25) is 0 Å². The number of amides is 2. The standard InChI is InChI=1S/C22H24F3N5O7S2/c1-21(2,3)19(34)37-9-36-18(33)14-10(5-6-22(23,24)25)7-38-17-13(16(32)30(14)17)28-15(31)12(29-35-4)11-8-39-20(26)27-11/h5-6,8,13,17H,7,9H2,1-4H3,(H2,26,27)(H,28,31)/b6-5+,29-12?/t13?,17-/m1/s1. The first-order valence-electron chi connectivity index (χ1n) is 11.1. The van der Waals surface area contributed by atoms with Crippen LogP contribution in [-0.2, 0) is 33.5 Å². The van der Waals surface area contributed by atoms with Gasteiger partial charge in [0.15, 0.2) is 10.8 Å². The van der Waals surface area contributed by atoms with Crippen molar-refractivity contribution in [3.05, 3.63) is 34.5 Å². The Labute approximate surface area is 228 Å². The monoisotopic (exact) mass is 591 g/mol. The fourth-order valence-corrected chi connectivity index (χ4v) is 5.14. The fourth-order valence-electron chi connectivity index (χ4n) is 3.28. The number of hydrogen-bond acceptors (Lipinski definition) is 12. The van der Waals surface area contributed by atoms with Gasteiger partial charge in [-0.25, -0.2) is 9.78 Å². The summed E-state index contributed by atoms with van der Waals surface area (Å²) in [6, 6.07) is -1.16. The molecular formula is C22H24F3N5O7S2. The number of anilines is 1. The molecule has 1 aromatic heterocycles. The molecule has 2 amide bonds. The summed E-state index contributed by atoms with van der Waals surface area (Å²) in [5, 5.41) is 6.89. The van der Waals surface area contributed by atoms with Gasteiger partial charge in [-0.3, -0.25) is 19.3 Å². The first-order chi connectivity index (χ1) is 18.1. The third-order valence-corrected chi connectivity index (χ3v) is 7.08. The summed E-state index contributed by atoms with van der Waals surface area (Å²) in [5.41, 5.74) is 3.95. The van der Waals surface area contributed by atoms with Crippen LogP contribution in [0.3, 0.4) is 0 Å². The molecule has 1 unspecified atom stereocenters. The van der Waals surface area contributed by atoms with Crippen LogP contribution in [0.25, 0.3) is 0 Å². The molecule has 3 heterocycles. The van der Waals surface area contributed by atoms with Gasteiger partial charge >= 0.3 is 18.1 Å². The zero-order valence-corrected chi connectivity index (χ0v) is 22.7. The number of thioether (sulfide) groups is 1. The Bertz CT molecular complexity index is 1250. The number of thiazole rings is 1. The summed E-state index contributed by atoms with van der Waals surface area (Å²) < 4.78 is 48.4. The van der Waals surface area contributed by atoms with Crippen molar-refractivity contribution in [2.75, 3.05) is 25.4 Å². The number of nitrogen functional groups attached to an aromatic ring is 1. The highest BCUT2D eigenvalue weighted by Gasteiger charge is 2.54. The number of nitrogens with zero attached hydrogens (tertiary/aromatic N) is 3. The number of carbonyl (C=O) groups excluding carboxylic acids is 4. The van der Waals surface area contributed by atoms with Gasteiger partial charge in [-0.2, -0.15) is 13.2 Å². The van der Waals surface area contributed by atoms with Crippen molar-refractivity contribution in [1.82, 2.24) is 15.2 Å². The molecule has 0 radical (unpaired) electrons. The maximum absolute atomic E-state index is 13.0. The normalized spacial score (nSPS) is 19.9. The Kier molecular flexibility index (Phi) is 8.94. The van der Waals surface area contributed by atoms with Gasteiger partial charge in [0.05, 0.1) is 5.41 Å². The van der Waals surface area contributed by atoms with E-state index in [-0.39, 0.29) is 33.9 Å². The SMILES string of the molecule is CON=C(C(=O)NC1C(=O)N2C(C(=O)OCOC(=O)C(C)(C)C)=C(/C=C/C(F)(F)F)CS[C@H]12)c1csc(N)n1. The van der Waals surface area contributed by atoms with Gasteiger partial charge in [0, 0.05) is 17.2 Å². The summed E-state index contributed by atoms with van der Waals surface area (Å²) in [7, 11) is 1.20. The number of halogens is 3. The molecule has 0 spiro atoms. The number of oxime groups is 1. The van der Waals surface area contributed by atoms with Crippen LogP contribution in [0.5, 0.6) is 0 Å². The highest BCUT2D eigenvalue weighted by Crippen LogP contribution is 2.41. The second-order valence-electron chi connectivity index (χ2n) is 9.03. The highest BCUT2D eigenvalue weighted by molar-refractivity contribution is 8.00. The van der Waals surface area contributed by atoms with E-state index >= 15 is 0 Å². The summed E-state index contributed by atoms with van der Waals surface area (Å²) in [6.45, 7) is 3.90. The van der Waals surface area contributed by atoms with E-state index in [1.807, 2.05) is 0 Å². The predicted molar refractivity (Wildman–Crippen MR) is 134 cm³/mol. The lowest BCUT2D eigenvalue weighted by atomic mass is 9.98. The number of fused-ring (bicyclic) bond motifs is 1. The van der Waals surface area contributed by atoms with Crippen LogP contribution in [-0.4, -0.2) is 76.6 Å². The number of esters is 2. The molecule has 3 N–H and O–H groups in total. The third kappa shape index (κ3) is 7.08. The average molecular weight is 592 g/mol. The molecule has 12 nitrogen and oxygen atoms in total. The van der Waals surface area contributed by atoms with Gasteiger partial charge in [-0.1, -0.05) is 11.2 Å². The van der Waals surface area contributed by atoms with E-state index < -0.39 is 59.2 Å². The Morgan fingerprint density at radius 1 is 1.28 bits per heavy atom. The second-order valence-corrected chi connectivity index (χ2v) is 11.0. The number of β-lactam (4-membered cyclic amide) rings is 1. The molecule has 0 aromatic carbocycles. The number of alkyl halides is 3. The van der Waals surface area contributed by atoms with Gasteiger partial charge < -0.3 is 25.4 Å². The molecule has 1 aromatic rings. The Balaban J connectivity index is 1.81. The number of rotatable bonds is 8. The van der Waals surface area contributed by atoms with Crippen molar-refractivity contribution in [1.29, 1.82) is 0 Å². The van der Waals surface area contributed by atoms with Gasteiger partial charge in [0.25, 0.3) is 11.8 Å². The van der Waals surface area contributed by atoms with Crippen molar-refractivity contribution >= 4 is 57.7 Å². The van der Waals surface area contributed by atoms with E-state index in [0.717, 1.165) is 28.0 Å². The fraction of sp³-hybridized carbons (Fsp3) is 0.455. The zero-order chi connectivity index (χ0) is 29.1. The summed E-state index contributed by atoms with van der Waals surface area (Å²) in [5.74, 6) is -3.60. The molecule has 2 atom stereocenters. The van der Waals surface area contributed by atoms with Gasteiger partial charge in [-0.15, -0.1) is 23.1 Å². The molecule has 2 aliphatic rings. The van der Waals surface area contributed by atoms with Crippen molar-refractivity contribution < 1.29 is 46.7 Å². The first-order valence-corrected chi connectivity index (χ1v) is 13.0. The van der Waals surface area contributed by atoms with E-state index in [9.17, 15) is 32.3 Å². The average Bonchev–Trinajstić information content (AvgIpc) is 3.28. The summed E-state index contributed by atoms with van der Waals surface area (Å²) in [6.07, 6.45) is -4.10. The Morgan fingerprint density at radius 3 is 2.54 bits per heavy atom. The van der Waals surface area contributed by atoms with E-state index in [0.29, 0.717) is 6.08 Å². The first kappa shape index (κ1) is 29.9. The highest BCUT2D eigenvalue weighted by atomic mass is 32.2. The van der Waals surface area contributed by atoms with Crippen LogP contribution in [0.15, 0.2) is 34.0 Å². The van der Waals surface area contributed by atoms with E-state index in [1.165, 1.54) is 12.5 Å². The number of carbonyl (C=O) groups is 4. The molecule has 0 aliphatic carbocycles. The minimum atomic E-state index is -4.68. The van der Waals surface area contributed by atoms with Gasteiger partial charge in [0.2, 0.25) is 6.79 Å². The molecule has 3 rings (SSSR count). The van der Waals surface area contributed by atoms with Crippen molar-refractivity contribution in [2.24, 2.45) is 10.6 Å². The van der Waals surface area contributed by atoms with Crippen LogP contribution >= 0.6 is 23.1 Å². The molecule has 0 saturated carbocycles. The van der Waals surface area contributed by atoms with Crippen LogP contribution in [0.1, 0.15) is 26.5 Å². The Hall–Kier alpha value is -3.60. The van der Waals surface area contributed by atoms with Crippen LogP contribution in [0.4, 0.5) is 18.3 Å². The maximum atomic E-state index is 13.0. The summed E-state index contributed by atoms with van der Waals surface area (Å²) in [4.78, 5) is 60.3. The third-order valence-electron chi connectivity index (χ3n) is 5.11. The molecule has 1 fully saturated rings. The van der Waals surface area contributed by atoms with E-state index in [2.05, 4.69) is 15.5 Å². The van der Waals surface area contributed by atoms with Crippen LogP contribution < -0.4 is 11.1 Å². The number of allylic oxidation sites excluding steroid dienone is 2. The maximum Gasteiger partial charge on any atom is 0.409 e. The van der Waals surface area contributed by atoms with E-state index in [1.54, 1.807) is 20.8 Å². The topological polar surface area (TPSA) is 163 Å². The van der Waals surface area contributed by atoms with E-state index in [4.69, 9.17) is 20.0 Å². The molecule has 212 valence electrons. The lowest BCUT2D eigenvalue weighted by molar-refractivity contribution is -0.173. The van der Waals surface area contributed by atoms with Crippen molar-refractivity contribution in [3.63, 3.8) is 0 Å². The number of aromatic nitrogens is 1. The molecular weight excluding hydrogens is 567 g/mol. The minimum absolute atomic E-state index is 0.0767. The molecule has 1 saturated heterocycles. The number of nitrogens with two attached hydrogens (primary N) is 1. The number of ether oxygens (including phenoxy) is 2. The smallest absolute Gasteiger partial charge is 0.409 e. The molecule has 39 heavy (non-hydrogen) atoms. The number of hydrogen-bond donors (Lipinski definition) is 2. The molecule has 17 heteroatoms. The molecule has 2 aliphatic heterocycles. The van der Waals surface area contributed by atoms with Gasteiger partial charge in [0.1, 0.15) is 29.9 Å².